The van der Waals surface area contributed by atoms with Gasteiger partial charge in [0.1, 0.15) is 23.3 Å². The molecule has 0 bridgehead atoms. The molecule has 46 heavy (non-hydrogen) atoms. The first-order chi connectivity index (χ1) is 22.3. The first-order valence-corrected chi connectivity index (χ1v) is 18.4. The summed E-state index contributed by atoms with van der Waals surface area (Å²) >= 11 is 3.62. The van der Waals surface area contributed by atoms with Gasteiger partial charge >= 0.3 is 0 Å². The van der Waals surface area contributed by atoms with Crippen LogP contribution in [0.3, 0.4) is 0 Å². The van der Waals surface area contributed by atoms with E-state index in [0.717, 1.165) is 46.6 Å². The van der Waals surface area contributed by atoms with E-state index >= 15 is 0 Å². The van der Waals surface area contributed by atoms with E-state index in [-0.39, 0.29) is 4.90 Å². The monoisotopic (exact) mass is 667 g/mol. The van der Waals surface area contributed by atoms with Crippen molar-refractivity contribution in [2.24, 2.45) is 0 Å². The molecular formula is C37H35N2O4S3+. The normalized spacial score (nSPS) is 12.4. The highest BCUT2D eigenvalue weighted by atomic mass is 32.2. The van der Waals surface area contributed by atoms with Gasteiger partial charge in [0.2, 0.25) is 5.36 Å². The van der Waals surface area contributed by atoms with Gasteiger partial charge in [-0.05, 0) is 48.5 Å². The van der Waals surface area contributed by atoms with Crippen LogP contribution in [0.15, 0.2) is 140 Å². The van der Waals surface area contributed by atoms with E-state index < -0.39 is 10.1 Å². The SMILES string of the molecule is CN(CCSc1ccccc1)c1ccc2c(-c3ccccc3S(=O)(=O)O)c3ccc(=[N+](C)CCSc4ccccc4)cc-3oc2c1. The molecular weight excluding hydrogens is 633 g/mol. The van der Waals surface area contributed by atoms with Gasteiger partial charge in [0.15, 0.2) is 6.54 Å². The fourth-order valence-electron chi connectivity index (χ4n) is 5.42. The predicted octanol–water partition coefficient (Wildman–Crippen LogP) is 7.87. The first-order valence-electron chi connectivity index (χ1n) is 15.0. The maximum Gasteiger partial charge on any atom is 0.295 e. The lowest BCUT2D eigenvalue weighted by molar-refractivity contribution is 0.483. The second kappa shape index (κ2) is 14.2. The Morgan fingerprint density at radius 2 is 1.41 bits per heavy atom. The zero-order chi connectivity index (χ0) is 32.1. The lowest BCUT2D eigenvalue weighted by atomic mass is 9.93. The summed E-state index contributed by atoms with van der Waals surface area (Å²) < 4.78 is 44.0. The Kier molecular flexibility index (Phi) is 9.84. The van der Waals surface area contributed by atoms with Gasteiger partial charge in [-0.2, -0.15) is 8.42 Å². The Bertz CT molecular complexity index is 2110. The van der Waals surface area contributed by atoms with Gasteiger partial charge in [0.25, 0.3) is 10.1 Å². The molecule has 0 aromatic heterocycles. The van der Waals surface area contributed by atoms with Crippen molar-refractivity contribution >= 4 is 50.3 Å². The molecule has 6 nitrogen and oxygen atoms in total. The lowest BCUT2D eigenvalue weighted by Crippen LogP contribution is -2.28. The van der Waals surface area contributed by atoms with E-state index in [2.05, 4.69) is 47.8 Å². The minimum Gasteiger partial charge on any atom is -0.456 e. The summed E-state index contributed by atoms with van der Waals surface area (Å²) in [5.41, 5.74) is 3.51. The van der Waals surface area contributed by atoms with Crippen molar-refractivity contribution in [2.45, 2.75) is 14.7 Å². The average molecular weight is 668 g/mol. The number of benzene rings is 5. The molecule has 0 radical (unpaired) electrons. The summed E-state index contributed by atoms with van der Waals surface area (Å²) in [5, 5.41) is 1.75. The Hall–Kier alpha value is -4.02. The van der Waals surface area contributed by atoms with Gasteiger partial charge in [0, 0.05) is 69.0 Å². The Labute approximate surface area is 278 Å². The minimum atomic E-state index is -4.48. The number of thioether (sulfide) groups is 2. The fraction of sp³-hybridized carbons (Fsp3) is 0.162. The highest BCUT2D eigenvalue weighted by Gasteiger charge is 2.24. The van der Waals surface area contributed by atoms with E-state index in [1.165, 1.54) is 15.9 Å². The zero-order valence-corrected chi connectivity index (χ0v) is 28.1. The smallest absolute Gasteiger partial charge is 0.295 e. The van der Waals surface area contributed by atoms with Crippen LogP contribution in [0.5, 0.6) is 0 Å². The first kappa shape index (κ1) is 31.9. The molecule has 2 aliphatic rings. The Balaban J connectivity index is 1.41. The molecule has 1 aliphatic heterocycles. The van der Waals surface area contributed by atoms with Crippen LogP contribution in [-0.2, 0) is 10.1 Å². The van der Waals surface area contributed by atoms with Crippen molar-refractivity contribution in [3.8, 4) is 22.5 Å². The molecule has 0 unspecified atom stereocenters. The minimum absolute atomic E-state index is 0.137. The number of rotatable bonds is 11. The molecule has 1 N–H and O–H groups in total. The van der Waals surface area contributed by atoms with Crippen LogP contribution in [0.4, 0.5) is 5.69 Å². The van der Waals surface area contributed by atoms with Gasteiger partial charge in [0.05, 0.1) is 11.8 Å². The summed E-state index contributed by atoms with van der Waals surface area (Å²) in [6, 6.07) is 39.3. The molecule has 6 rings (SSSR count). The van der Waals surface area contributed by atoms with Crippen LogP contribution in [0.1, 0.15) is 0 Å². The summed E-state index contributed by atoms with van der Waals surface area (Å²) in [6.07, 6.45) is 0. The third kappa shape index (κ3) is 7.34. The third-order valence-electron chi connectivity index (χ3n) is 7.88. The number of nitrogens with zero attached hydrogens (tertiary/aromatic N) is 2. The third-order valence-corrected chi connectivity index (χ3v) is 10.8. The maximum absolute atomic E-state index is 12.5. The second-order valence-corrected chi connectivity index (χ2v) is 14.7. The van der Waals surface area contributed by atoms with Crippen molar-refractivity contribution in [1.29, 1.82) is 0 Å². The summed E-state index contributed by atoms with van der Waals surface area (Å²) in [6.45, 7) is 1.65. The predicted molar refractivity (Wildman–Crippen MR) is 192 cm³/mol. The van der Waals surface area contributed by atoms with Crippen molar-refractivity contribution in [3.05, 3.63) is 127 Å². The second-order valence-electron chi connectivity index (χ2n) is 11.0. The summed E-state index contributed by atoms with van der Waals surface area (Å²) in [7, 11) is -0.364. The number of hydrogen-bond donors (Lipinski definition) is 1. The van der Waals surface area contributed by atoms with Gasteiger partial charge in [-0.3, -0.25) is 4.55 Å². The number of fused-ring (bicyclic) bond motifs is 2. The molecule has 0 saturated heterocycles. The Morgan fingerprint density at radius 1 is 0.761 bits per heavy atom. The number of anilines is 1. The van der Waals surface area contributed by atoms with Crippen molar-refractivity contribution < 1.29 is 17.4 Å². The van der Waals surface area contributed by atoms with E-state index in [0.29, 0.717) is 22.5 Å². The summed E-state index contributed by atoms with van der Waals surface area (Å²) in [5.74, 6) is 2.46. The standard InChI is InChI=1S/C37H34N2O4S3/c1-38(21-23-44-29-11-5-3-6-12-29)27-17-19-31-34(25-27)43-35-26-28(39(2)22-24-45-30-13-7-4-8-14-30)18-20-32(35)37(31)33-15-9-10-16-36(33)46(40,41)42/h3-20,25-26H,21-24H2,1-2H3/p+1. The van der Waals surface area contributed by atoms with Crippen LogP contribution in [0, 0.1) is 0 Å². The van der Waals surface area contributed by atoms with Gasteiger partial charge in [-0.15, -0.1) is 23.5 Å². The maximum atomic E-state index is 12.5. The van der Waals surface area contributed by atoms with Crippen LogP contribution in [-0.4, -0.2) is 51.7 Å². The molecule has 0 saturated carbocycles. The Morgan fingerprint density at radius 3 is 2.11 bits per heavy atom. The van der Waals surface area contributed by atoms with Crippen molar-refractivity contribution in [1.82, 2.24) is 4.58 Å². The molecule has 1 heterocycles. The van der Waals surface area contributed by atoms with E-state index in [1.807, 2.05) is 96.3 Å². The average Bonchev–Trinajstić information content (AvgIpc) is 3.07. The summed E-state index contributed by atoms with van der Waals surface area (Å²) in [4.78, 5) is 4.52. The number of hydrogen-bond acceptors (Lipinski definition) is 6. The van der Waals surface area contributed by atoms with Crippen LogP contribution < -0.4 is 14.8 Å². The quantitative estimate of drug-likeness (QED) is 0.0653. The molecule has 234 valence electrons. The molecule has 4 aromatic carbocycles. The van der Waals surface area contributed by atoms with Gasteiger partial charge in [-0.1, -0.05) is 54.6 Å². The lowest BCUT2D eigenvalue weighted by Gasteiger charge is -2.21. The molecule has 0 spiro atoms. The molecule has 9 heteroatoms. The van der Waals surface area contributed by atoms with Crippen LogP contribution in [0.2, 0.25) is 0 Å². The topological polar surface area (TPSA) is 73.8 Å². The molecule has 0 amide bonds. The zero-order valence-electron chi connectivity index (χ0n) is 25.7. The molecule has 0 atom stereocenters. The highest BCUT2D eigenvalue weighted by Crippen LogP contribution is 2.42. The largest absolute Gasteiger partial charge is 0.456 e. The molecule has 1 aliphatic carbocycles. The van der Waals surface area contributed by atoms with E-state index in [1.54, 1.807) is 18.2 Å². The van der Waals surface area contributed by atoms with Crippen LogP contribution >= 0.6 is 23.5 Å². The van der Waals surface area contributed by atoms with Gasteiger partial charge in [-0.25, -0.2) is 4.58 Å². The van der Waals surface area contributed by atoms with Crippen molar-refractivity contribution in [2.75, 3.05) is 43.6 Å². The van der Waals surface area contributed by atoms with E-state index in [4.69, 9.17) is 4.42 Å². The van der Waals surface area contributed by atoms with Crippen LogP contribution in [0.25, 0.3) is 33.4 Å². The highest BCUT2D eigenvalue weighted by molar-refractivity contribution is 7.99. The van der Waals surface area contributed by atoms with Crippen molar-refractivity contribution in [3.63, 3.8) is 0 Å². The fourth-order valence-corrected chi connectivity index (χ4v) is 8.02. The molecule has 4 aromatic rings. The molecule has 0 fully saturated rings. The van der Waals surface area contributed by atoms with Gasteiger partial charge < -0.3 is 9.32 Å². The van der Waals surface area contributed by atoms with E-state index in [9.17, 15) is 13.0 Å².